The summed E-state index contributed by atoms with van der Waals surface area (Å²) in [6, 6.07) is 5.95. The molecule has 0 unspecified atom stereocenters. The van der Waals surface area contributed by atoms with Crippen molar-refractivity contribution in [1.82, 2.24) is 0 Å². The lowest BCUT2D eigenvalue weighted by Gasteiger charge is -2.07. The van der Waals surface area contributed by atoms with Gasteiger partial charge in [0, 0.05) is 16.8 Å². The second-order valence-electron chi connectivity index (χ2n) is 3.74. The Bertz CT molecular complexity index is 626. The van der Waals surface area contributed by atoms with Gasteiger partial charge in [-0.2, -0.15) is 0 Å². The molecule has 2 nitrogen and oxygen atoms in total. The van der Waals surface area contributed by atoms with Crippen molar-refractivity contribution in [3.8, 4) is 0 Å². The highest BCUT2D eigenvalue weighted by molar-refractivity contribution is 6.31. The molecular formula is C13H7ClF3NO. The van der Waals surface area contributed by atoms with Gasteiger partial charge in [-0.3, -0.25) is 4.79 Å². The number of rotatable bonds is 2. The molecule has 0 aromatic heterocycles. The summed E-state index contributed by atoms with van der Waals surface area (Å²) in [6.45, 7) is 0. The number of amides is 1. The van der Waals surface area contributed by atoms with Crippen molar-refractivity contribution in [2.24, 2.45) is 0 Å². The minimum atomic E-state index is -0.845. The maximum absolute atomic E-state index is 13.4. The molecule has 1 N–H and O–H groups in total. The van der Waals surface area contributed by atoms with Crippen LogP contribution in [0.1, 0.15) is 10.4 Å². The van der Waals surface area contributed by atoms with E-state index in [-0.39, 0.29) is 16.3 Å². The van der Waals surface area contributed by atoms with E-state index in [0.29, 0.717) is 6.07 Å². The van der Waals surface area contributed by atoms with Gasteiger partial charge < -0.3 is 5.32 Å². The zero-order valence-corrected chi connectivity index (χ0v) is 10.1. The molecule has 0 aliphatic rings. The van der Waals surface area contributed by atoms with Gasteiger partial charge in [-0.05, 0) is 30.3 Å². The summed E-state index contributed by atoms with van der Waals surface area (Å²) in [4.78, 5) is 11.8. The third-order valence-corrected chi connectivity index (χ3v) is 2.53. The zero-order chi connectivity index (χ0) is 14.0. The molecule has 0 spiro atoms. The molecule has 2 aromatic carbocycles. The molecule has 0 aliphatic carbocycles. The normalized spacial score (nSPS) is 10.3. The predicted molar refractivity (Wildman–Crippen MR) is 65.7 cm³/mol. The van der Waals surface area contributed by atoms with Crippen LogP contribution in [0, 0.1) is 17.5 Å². The first-order valence-corrected chi connectivity index (χ1v) is 5.56. The molecule has 0 saturated carbocycles. The Morgan fingerprint density at radius 1 is 1.00 bits per heavy atom. The molecule has 2 rings (SSSR count). The van der Waals surface area contributed by atoms with E-state index in [0.717, 1.165) is 24.3 Å². The summed E-state index contributed by atoms with van der Waals surface area (Å²) in [5.74, 6) is -3.31. The third-order valence-electron chi connectivity index (χ3n) is 2.29. The van der Waals surface area contributed by atoms with Gasteiger partial charge in [0.2, 0.25) is 0 Å². The fourth-order valence-corrected chi connectivity index (χ4v) is 1.67. The van der Waals surface area contributed by atoms with Gasteiger partial charge >= 0.3 is 0 Å². The van der Waals surface area contributed by atoms with E-state index in [1.165, 1.54) is 6.07 Å². The third kappa shape index (κ3) is 3.26. The number of nitrogens with one attached hydrogen (secondary N) is 1. The van der Waals surface area contributed by atoms with Crippen molar-refractivity contribution in [2.75, 3.05) is 5.32 Å². The molecule has 0 bridgehead atoms. The highest BCUT2D eigenvalue weighted by atomic mass is 35.5. The number of carbonyl (C=O) groups excluding carboxylic acids is 1. The summed E-state index contributed by atoms with van der Waals surface area (Å²) in [5, 5.41) is 2.37. The molecule has 0 saturated heterocycles. The monoisotopic (exact) mass is 285 g/mol. The smallest absolute Gasteiger partial charge is 0.258 e. The molecule has 0 aliphatic heterocycles. The largest absolute Gasteiger partial charge is 0.322 e. The SMILES string of the molecule is O=C(Nc1cc(F)cc(F)c1)c1cc(Cl)ccc1F. The first-order valence-electron chi connectivity index (χ1n) is 5.18. The Morgan fingerprint density at radius 3 is 2.26 bits per heavy atom. The van der Waals surface area contributed by atoms with Gasteiger partial charge in [0.15, 0.2) is 0 Å². The van der Waals surface area contributed by atoms with Crippen LogP contribution in [0.15, 0.2) is 36.4 Å². The molecule has 1 amide bonds. The second kappa shape index (κ2) is 5.32. The predicted octanol–water partition coefficient (Wildman–Crippen LogP) is 4.01. The van der Waals surface area contributed by atoms with Crippen molar-refractivity contribution < 1.29 is 18.0 Å². The lowest BCUT2D eigenvalue weighted by molar-refractivity contribution is 0.102. The Labute approximate surface area is 111 Å². The molecule has 6 heteroatoms. The number of carbonyl (C=O) groups is 1. The van der Waals surface area contributed by atoms with Crippen LogP contribution < -0.4 is 5.32 Å². The average molecular weight is 286 g/mol. The Hall–Kier alpha value is -2.01. The van der Waals surface area contributed by atoms with Crippen LogP contribution in [0.25, 0.3) is 0 Å². The summed E-state index contributed by atoms with van der Waals surface area (Å²) < 4.78 is 39.3. The summed E-state index contributed by atoms with van der Waals surface area (Å²) in [7, 11) is 0. The van der Waals surface area contributed by atoms with Gasteiger partial charge in [0.05, 0.1) is 5.56 Å². The zero-order valence-electron chi connectivity index (χ0n) is 9.38. The Kier molecular flexibility index (Phi) is 3.76. The van der Waals surface area contributed by atoms with Crippen LogP contribution >= 0.6 is 11.6 Å². The van der Waals surface area contributed by atoms with Gasteiger partial charge in [0.1, 0.15) is 17.5 Å². The molecule has 0 atom stereocenters. The molecule has 2 aromatic rings. The molecule has 0 radical (unpaired) electrons. The van der Waals surface area contributed by atoms with E-state index in [1.807, 2.05) is 0 Å². The van der Waals surface area contributed by atoms with Crippen LogP contribution in [-0.4, -0.2) is 5.91 Å². The fraction of sp³-hybridized carbons (Fsp3) is 0. The minimum absolute atomic E-state index is 0.109. The van der Waals surface area contributed by atoms with Crippen LogP contribution in [0.3, 0.4) is 0 Å². The standard InChI is InChI=1S/C13H7ClF3NO/c14-7-1-2-12(17)11(3-7)13(19)18-10-5-8(15)4-9(16)6-10/h1-6H,(H,18,19). The van der Waals surface area contributed by atoms with Crippen molar-refractivity contribution in [2.45, 2.75) is 0 Å². The van der Waals surface area contributed by atoms with E-state index < -0.39 is 23.4 Å². The van der Waals surface area contributed by atoms with Gasteiger partial charge in [-0.15, -0.1) is 0 Å². The van der Waals surface area contributed by atoms with E-state index in [4.69, 9.17) is 11.6 Å². The number of benzene rings is 2. The van der Waals surface area contributed by atoms with E-state index in [2.05, 4.69) is 5.32 Å². The van der Waals surface area contributed by atoms with E-state index in [1.54, 1.807) is 0 Å². The number of halogens is 4. The van der Waals surface area contributed by atoms with E-state index in [9.17, 15) is 18.0 Å². The summed E-state index contributed by atoms with van der Waals surface area (Å²) >= 11 is 5.65. The first kappa shape index (κ1) is 13.4. The van der Waals surface area contributed by atoms with Crippen molar-refractivity contribution >= 4 is 23.2 Å². The fourth-order valence-electron chi connectivity index (χ4n) is 1.50. The maximum atomic E-state index is 13.4. The first-order chi connectivity index (χ1) is 8.95. The average Bonchev–Trinajstić information content (AvgIpc) is 2.30. The summed E-state index contributed by atoms with van der Waals surface area (Å²) in [5.41, 5.74) is -0.418. The molecule has 98 valence electrons. The lowest BCUT2D eigenvalue weighted by Crippen LogP contribution is -2.14. The maximum Gasteiger partial charge on any atom is 0.258 e. The van der Waals surface area contributed by atoms with Crippen LogP contribution in [-0.2, 0) is 0 Å². The Morgan fingerprint density at radius 2 is 1.63 bits per heavy atom. The topological polar surface area (TPSA) is 29.1 Å². The molecule has 0 fully saturated rings. The van der Waals surface area contributed by atoms with Crippen molar-refractivity contribution in [1.29, 1.82) is 0 Å². The quantitative estimate of drug-likeness (QED) is 0.887. The Balaban J connectivity index is 2.28. The van der Waals surface area contributed by atoms with Crippen molar-refractivity contribution in [3.63, 3.8) is 0 Å². The second-order valence-corrected chi connectivity index (χ2v) is 4.17. The highest BCUT2D eigenvalue weighted by Gasteiger charge is 2.13. The van der Waals surface area contributed by atoms with Crippen LogP contribution in [0.4, 0.5) is 18.9 Å². The molecular weight excluding hydrogens is 279 g/mol. The molecule has 19 heavy (non-hydrogen) atoms. The number of hydrogen-bond donors (Lipinski definition) is 1. The summed E-state index contributed by atoms with van der Waals surface area (Å²) in [6.07, 6.45) is 0. The number of hydrogen-bond acceptors (Lipinski definition) is 1. The van der Waals surface area contributed by atoms with Crippen LogP contribution in [0.5, 0.6) is 0 Å². The van der Waals surface area contributed by atoms with Gasteiger partial charge in [-0.1, -0.05) is 11.6 Å². The minimum Gasteiger partial charge on any atom is -0.322 e. The number of anilines is 1. The lowest BCUT2D eigenvalue weighted by atomic mass is 10.2. The van der Waals surface area contributed by atoms with E-state index >= 15 is 0 Å². The van der Waals surface area contributed by atoms with Gasteiger partial charge in [0.25, 0.3) is 5.91 Å². The van der Waals surface area contributed by atoms with Gasteiger partial charge in [-0.25, -0.2) is 13.2 Å². The highest BCUT2D eigenvalue weighted by Crippen LogP contribution is 2.18. The van der Waals surface area contributed by atoms with Crippen LogP contribution in [0.2, 0.25) is 5.02 Å². The van der Waals surface area contributed by atoms with Crippen molar-refractivity contribution in [3.05, 3.63) is 64.4 Å². The molecule has 0 heterocycles.